The van der Waals surface area contributed by atoms with Crippen molar-refractivity contribution >= 4 is 38.3 Å². The highest BCUT2D eigenvalue weighted by atomic mass is 79.9. The Balaban J connectivity index is 2.79. The minimum absolute atomic E-state index is 0.00416. The maximum absolute atomic E-state index is 12.1. The van der Waals surface area contributed by atoms with Crippen LogP contribution in [0.3, 0.4) is 0 Å². The van der Waals surface area contributed by atoms with Gasteiger partial charge in [-0.2, -0.15) is 0 Å². The number of carbonyl (C=O) groups is 1. The fourth-order valence-electron chi connectivity index (χ4n) is 1.56. The molecule has 2 N–H and O–H groups in total. The normalized spacial score (nSPS) is 12.2. The Labute approximate surface area is 118 Å². The van der Waals surface area contributed by atoms with Gasteiger partial charge in [-0.1, -0.05) is 0 Å². The summed E-state index contributed by atoms with van der Waals surface area (Å²) < 4.78 is 12.8. The van der Waals surface area contributed by atoms with Gasteiger partial charge in [-0.3, -0.25) is 9.00 Å². The van der Waals surface area contributed by atoms with Crippen LogP contribution < -0.4 is 5.73 Å². The van der Waals surface area contributed by atoms with Gasteiger partial charge in [0, 0.05) is 23.2 Å². The summed E-state index contributed by atoms with van der Waals surface area (Å²) in [5.41, 5.74) is 6.21. The van der Waals surface area contributed by atoms with E-state index in [4.69, 9.17) is 5.73 Å². The van der Waals surface area contributed by atoms with Crippen molar-refractivity contribution in [3.63, 3.8) is 0 Å². The Hall–Kier alpha value is -0.880. The van der Waals surface area contributed by atoms with Crippen molar-refractivity contribution in [1.29, 1.82) is 0 Å². The van der Waals surface area contributed by atoms with E-state index in [0.29, 0.717) is 28.1 Å². The molecule has 4 nitrogen and oxygen atoms in total. The smallest absolute Gasteiger partial charge is 0.235 e. The van der Waals surface area contributed by atoms with Crippen LogP contribution in [0, 0.1) is 0 Å². The Morgan fingerprint density at radius 2 is 2.00 bits per heavy atom. The fraction of sp³-hybridized carbons (Fsp3) is 0.417. The average molecular weight is 333 g/mol. The van der Waals surface area contributed by atoms with Crippen molar-refractivity contribution in [1.82, 2.24) is 4.90 Å². The van der Waals surface area contributed by atoms with Gasteiger partial charge in [0.15, 0.2) is 0 Å². The summed E-state index contributed by atoms with van der Waals surface area (Å²) in [4.78, 5) is 14.1. The zero-order valence-electron chi connectivity index (χ0n) is 10.5. The van der Waals surface area contributed by atoms with Crippen LogP contribution in [0.2, 0.25) is 0 Å². The van der Waals surface area contributed by atoms with Gasteiger partial charge in [-0.15, -0.1) is 0 Å². The highest BCUT2D eigenvalue weighted by Crippen LogP contribution is 2.23. The molecule has 0 bridgehead atoms. The molecule has 0 saturated carbocycles. The second kappa shape index (κ2) is 6.89. The van der Waals surface area contributed by atoms with Crippen LogP contribution in [0.15, 0.2) is 27.6 Å². The maximum atomic E-state index is 12.1. The molecule has 1 aromatic carbocycles. The van der Waals surface area contributed by atoms with Gasteiger partial charge in [0.05, 0.1) is 15.7 Å². The molecule has 0 aliphatic rings. The van der Waals surface area contributed by atoms with Crippen molar-refractivity contribution in [2.24, 2.45) is 0 Å². The lowest BCUT2D eigenvalue weighted by Gasteiger charge is -2.18. The highest BCUT2D eigenvalue weighted by molar-refractivity contribution is 9.10. The predicted octanol–water partition coefficient (Wildman–Crippen LogP) is 2.01. The van der Waals surface area contributed by atoms with Gasteiger partial charge < -0.3 is 10.6 Å². The number of hydrogen-bond acceptors (Lipinski definition) is 3. The summed E-state index contributed by atoms with van der Waals surface area (Å²) in [5.74, 6) is -0.0912. The summed E-state index contributed by atoms with van der Waals surface area (Å²) in [7, 11) is -1.35. The summed E-state index contributed by atoms with van der Waals surface area (Å²) in [6.07, 6.45) is 0. The topological polar surface area (TPSA) is 63.4 Å². The Morgan fingerprint density at radius 1 is 1.39 bits per heavy atom. The minimum Gasteiger partial charge on any atom is -0.399 e. The van der Waals surface area contributed by atoms with Gasteiger partial charge in [0.1, 0.15) is 5.75 Å². The number of amides is 1. The molecule has 0 spiro atoms. The van der Waals surface area contributed by atoms with E-state index in [2.05, 4.69) is 15.9 Å². The van der Waals surface area contributed by atoms with Crippen molar-refractivity contribution in [2.45, 2.75) is 18.7 Å². The van der Waals surface area contributed by atoms with Crippen LogP contribution in [0.4, 0.5) is 5.69 Å². The summed E-state index contributed by atoms with van der Waals surface area (Å²) >= 11 is 3.31. The van der Waals surface area contributed by atoms with E-state index in [1.54, 1.807) is 23.1 Å². The van der Waals surface area contributed by atoms with Crippen LogP contribution in [-0.4, -0.2) is 33.9 Å². The lowest BCUT2D eigenvalue weighted by Crippen LogP contribution is -2.34. The lowest BCUT2D eigenvalue weighted by atomic mass is 10.3. The summed E-state index contributed by atoms with van der Waals surface area (Å²) in [6, 6.07) is 5.06. The molecule has 1 aromatic rings. The molecule has 6 heteroatoms. The first-order chi connectivity index (χ1) is 8.49. The van der Waals surface area contributed by atoms with Crippen LogP contribution >= 0.6 is 15.9 Å². The van der Waals surface area contributed by atoms with E-state index >= 15 is 0 Å². The molecule has 1 amide bonds. The lowest BCUT2D eigenvalue weighted by molar-refractivity contribution is -0.128. The third-order valence-corrected chi connectivity index (χ3v) is 4.85. The third kappa shape index (κ3) is 3.81. The molecular weight excluding hydrogens is 316 g/mol. The number of rotatable bonds is 5. The first kappa shape index (κ1) is 15.2. The van der Waals surface area contributed by atoms with Crippen LogP contribution in [0.25, 0.3) is 0 Å². The van der Waals surface area contributed by atoms with E-state index < -0.39 is 10.8 Å². The van der Waals surface area contributed by atoms with Crippen molar-refractivity contribution < 1.29 is 9.00 Å². The molecule has 0 radical (unpaired) electrons. The number of nitrogens with zero attached hydrogens (tertiary/aromatic N) is 1. The monoisotopic (exact) mass is 332 g/mol. The molecule has 0 fully saturated rings. The zero-order valence-corrected chi connectivity index (χ0v) is 12.9. The Morgan fingerprint density at radius 3 is 2.50 bits per heavy atom. The zero-order chi connectivity index (χ0) is 13.7. The standard InChI is InChI=1S/C12H17BrN2O2S/c1-3-15(4-2)12(16)8-18(17)11-6-5-9(14)7-10(11)13/h5-7H,3-4,8,14H2,1-2H3. The van der Waals surface area contributed by atoms with Crippen molar-refractivity contribution in [2.75, 3.05) is 24.6 Å². The van der Waals surface area contributed by atoms with Gasteiger partial charge in [-0.25, -0.2) is 0 Å². The third-order valence-electron chi connectivity index (χ3n) is 2.57. The van der Waals surface area contributed by atoms with E-state index in [9.17, 15) is 9.00 Å². The fourth-order valence-corrected chi connectivity index (χ4v) is 3.56. The van der Waals surface area contributed by atoms with Gasteiger partial charge in [0.2, 0.25) is 5.91 Å². The largest absolute Gasteiger partial charge is 0.399 e. The van der Waals surface area contributed by atoms with Crippen LogP contribution in [0.5, 0.6) is 0 Å². The molecule has 0 aliphatic carbocycles. The average Bonchev–Trinajstić information content (AvgIpc) is 2.30. The SMILES string of the molecule is CCN(CC)C(=O)CS(=O)c1ccc(N)cc1Br. The van der Waals surface area contributed by atoms with E-state index in [0.717, 1.165) is 0 Å². The Bertz CT molecular complexity index is 461. The Kier molecular flexibility index (Phi) is 5.81. The molecule has 1 atom stereocenters. The number of nitrogens with two attached hydrogens (primary N) is 1. The van der Waals surface area contributed by atoms with Crippen LogP contribution in [0.1, 0.15) is 13.8 Å². The molecule has 1 unspecified atom stereocenters. The van der Waals surface area contributed by atoms with E-state index in [1.165, 1.54) is 0 Å². The number of hydrogen-bond donors (Lipinski definition) is 1. The number of benzene rings is 1. The number of carbonyl (C=O) groups excluding carboxylic acids is 1. The predicted molar refractivity (Wildman–Crippen MR) is 77.8 cm³/mol. The van der Waals surface area contributed by atoms with Gasteiger partial charge >= 0.3 is 0 Å². The van der Waals surface area contributed by atoms with Crippen LogP contribution in [-0.2, 0) is 15.6 Å². The molecule has 0 saturated heterocycles. The number of anilines is 1. The molecule has 100 valence electrons. The van der Waals surface area contributed by atoms with E-state index in [-0.39, 0.29) is 11.7 Å². The quantitative estimate of drug-likeness (QED) is 0.839. The molecule has 0 heterocycles. The van der Waals surface area contributed by atoms with Crippen molar-refractivity contribution in [3.8, 4) is 0 Å². The summed E-state index contributed by atoms with van der Waals surface area (Å²) in [6.45, 7) is 5.08. The molecule has 0 aromatic heterocycles. The van der Waals surface area contributed by atoms with Crippen molar-refractivity contribution in [3.05, 3.63) is 22.7 Å². The molecular formula is C12H17BrN2O2S. The first-order valence-electron chi connectivity index (χ1n) is 5.70. The summed E-state index contributed by atoms with van der Waals surface area (Å²) in [5, 5.41) is 0. The highest BCUT2D eigenvalue weighted by Gasteiger charge is 2.16. The molecule has 1 rings (SSSR count). The van der Waals surface area contributed by atoms with Gasteiger partial charge in [0.25, 0.3) is 0 Å². The second-order valence-corrected chi connectivity index (χ2v) is 6.02. The molecule has 18 heavy (non-hydrogen) atoms. The molecule has 0 aliphatic heterocycles. The number of nitrogen functional groups attached to an aromatic ring is 1. The minimum atomic E-state index is -1.35. The second-order valence-electron chi connectivity index (χ2n) is 3.75. The maximum Gasteiger partial charge on any atom is 0.235 e. The first-order valence-corrected chi connectivity index (χ1v) is 7.82. The van der Waals surface area contributed by atoms with Gasteiger partial charge in [-0.05, 0) is 48.0 Å². The number of halogens is 1. The van der Waals surface area contributed by atoms with E-state index in [1.807, 2.05) is 13.8 Å².